The van der Waals surface area contributed by atoms with E-state index in [4.69, 9.17) is 21.4 Å². The minimum Gasteiger partial charge on any atom is -0.496 e. The molecule has 6 heteroatoms. The van der Waals surface area contributed by atoms with Crippen molar-refractivity contribution in [3.8, 4) is 5.75 Å². The second kappa shape index (κ2) is 7.89. The van der Waals surface area contributed by atoms with E-state index in [9.17, 15) is 4.79 Å². The van der Waals surface area contributed by atoms with Crippen LogP contribution < -0.4 is 9.64 Å². The first-order valence-electron chi connectivity index (χ1n) is 7.94. The largest absolute Gasteiger partial charge is 0.496 e. The van der Waals surface area contributed by atoms with Gasteiger partial charge in [-0.1, -0.05) is 54.1 Å². The number of rotatable bonds is 1. The number of hydrogen-bond acceptors (Lipinski definition) is 3. The van der Waals surface area contributed by atoms with Gasteiger partial charge in [-0.25, -0.2) is 9.78 Å². The molecule has 0 aliphatic carbocycles. The van der Waals surface area contributed by atoms with E-state index in [-0.39, 0.29) is 0 Å². The molecule has 1 amide bonds. The van der Waals surface area contributed by atoms with Gasteiger partial charge in [0.25, 0.3) is 0 Å². The average molecular weight is 369 g/mol. The molecule has 0 saturated carbocycles. The maximum atomic E-state index is 10.8. The molecule has 2 aromatic carbocycles. The summed E-state index contributed by atoms with van der Waals surface area (Å²) >= 11 is 5.78. The molecular formula is C20H17ClN2O3. The summed E-state index contributed by atoms with van der Waals surface area (Å²) < 4.78 is 5.20. The lowest BCUT2D eigenvalue weighted by Gasteiger charge is -2.22. The first-order valence-corrected chi connectivity index (χ1v) is 8.32. The fraction of sp³-hybridized carbons (Fsp3) is 0.100. The van der Waals surface area contributed by atoms with Gasteiger partial charge in [0.05, 0.1) is 12.8 Å². The van der Waals surface area contributed by atoms with Crippen LogP contribution in [0.15, 0.2) is 60.8 Å². The normalized spacial score (nSPS) is 12.2. The van der Waals surface area contributed by atoms with Crippen molar-refractivity contribution in [2.75, 3.05) is 18.6 Å². The second-order valence-corrected chi connectivity index (χ2v) is 5.93. The van der Waals surface area contributed by atoms with E-state index in [1.807, 2.05) is 54.6 Å². The molecule has 1 aliphatic rings. The Morgan fingerprint density at radius 2 is 2.04 bits per heavy atom. The van der Waals surface area contributed by atoms with E-state index in [2.05, 4.69) is 4.98 Å². The third-order valence-electron chi connectivity index (χ3n) is 3.95. The zero-order valence-electron chi connectivity index (χ0n) is 14.1. The lowest BCUT2D eigenvalue weighted by Crippen LogP contribution is -2.31. The highest BCUT2D eigenvalue weighted by molar-refractivity contribution is 6.30. The fourth-order valence-electron chi connectivity index (χ4n) is 2.73. The van der Waals surface area contributed by atoms with Crippen molar-refractivity contribution in [3.05, 3.63) is 71.5 Å². The quantitative estimate of drug-likeness (QED) is 0.607. The number of carboxylic acid groups (broad SMARTS) is 1. The van der Waals surface area contributed by atoms with E-state index >= 15 is 0 Å². The van der Waals surface area contributed by atoms with Gasteiger partial charge in [-0.2, -0.15) is 0 Å². The predicted octanol–water partition coefficient (Wildman–Crippen LogP) is 5.09. The van der Waals surface area contributed by atoms with Crippen LogP contribution in [-0.2, 0) is 0 Å². The Morgan fingerprint density at radius 3 is 2.81 bits per heavy atom. The van der Waals surface area contributed by atoms with E-state index in [0.29, 0.717) is 11.7 Å². The van der Waals surface area contributed by atoms with Crippen LogP contribution >= 0.6 is 11.6 Å². The summed E-state index contributed by atoms with van der Waals surface area (Å²) in [6.45, 7) is 0.437. The van der Waals surface area contributed by atoms with Crippen molar-refractivity contribution < 1.29 is 14.6 Å². The van der Waals surface area contributed by atoms with E-state index < -0.39 is 6.09 Å². The number of methoxy groups -OCH3 is 1. The van der Waals surface area contributed by atoms with Gasteiger partial charge in [0.2, 0.25) is 0 Å². The monoisotopic (exact) mass is 368 g/mol. The van der Waals surface area contributed by atoms with E-state index in [1.165, 1.54) is 4.90 Å². The Kier molecular flexibility index (Phi) is 5.39. The van der Waals surface area contributed by atoms with Crippen LogP contribution in [0.4, 0.5) is 10.5 Å². The highest BCUT2D eigenvalue weighted by atomic mass is 35.5. The zero-order valence-corrected chi connectivity index (χ0v) is 14.8. The molecule has 2 heterocycles. The molecule has 4 rings (SSSR count). The van der Waals surface area contributed by atoms with Crippen LogP contribution in [0.2, 0.25) is 5.15 Å². The summed E-state index contributed by atoms with van der Waals surface area (Å²) in [5.41, 5.74) is 1.72. The van der Waals surface area contributed by atoms with Crippen molar-refractivity contribution in [1.29, 1.82) is 0 Å². The molecule has 1 N–H and O–H groups in total. The minimum atomic E-state index is -0.906. The van der Waals surface area contributed by atoms with Crippen LogP contribution in [-0.4, -0.2) is 29.8 Å². The van der Waals surface area contributed by atoms with Gasteiger partial charge in [0.1, 0.15) is 10.9 Å². The Bertz CT molecular complexity index is 972. The molecular weight excluding hydrogens is 352 g/mol. The minimum absolute atomic E-state index is 0.437. The number of halogens is 1. The Balaban J connectivity index is 0.000000151. The molecule has 26 heavy (non-hydrogen) atoms. The van der Waals surface area contributed by atoms with Crippen LogP contribution in [0.5, 0.6) is 5.75 Å². The highest BCUT2D eigenvalue weighted by Gasteiger charge is 2.17. The maximum absolute atomic E-state index is 10.8. The third kappa shape index (κ3) is 3.78. The molecule has 0 atom stereocenters. The van der Waals surface area contributed by atoms with Crippen molar-refractivity contribution in [3.63, 3.8) is 0 Å². The standard InChI is InChI=1S/C10H8ClNO.C10H9NO2/c1-13-9-4-2-3-7-6-12-10(11)5-8(7)9;12-10(13)11-7-3-5-8-4-1-2-6-9(8)11/h2-6H,1H3;1-6H,7H2,(H,12,13). The van der Waals surface area contributed by atoms with Gasteiger partial charge in [0.15, 0.2) is 0 Å². The first kappa shape index (κ1) is 17.8. The summed E-state index contributed by atoms with van der Waals surface area (Å²) in [4.78, 5) is 16.1. The summed E-state index contributed by atoms with van der Waals surface area (Å²) in [7, 11) is 1.64. The number of benzene rings is 2. The molecule has 0 bridgehead atoms. The lowest BCUT2D eigenvalue weighted by molar-refractivity contribution is 0.202. The first-order chi connectivity index (χ1) is 12.6. The van der Waals surface area contributed by atoms with Crippen LogP contribution in [0.1, 0.15) is 5.56 Å². The van der Waals surface area contributed by atoms with Gasteiger partial charge in [-0.3, -0.25) is 4.90 Å². The molecule has 5 nitrogen and oxygen atoms in total. The molecule has 0 unspecified atom stereocenters. The molecule has 0 fully saturated rings. The number of aromatic nitrogens is 1. The summed E-state index contributed by atoms with van der Waals surface area (Å²) in [5.74, 6) is 0.821. The average Bonchev–Trinajstić information content (AvgIpc) is 2.67. The molecule has 0 spiro atoms. The summed E-state index contributed by atoms with van der Waals surface area (Å²) in [6, 6.07) is 15.1. The molecule has 3 aromatic rings. The number of amides is 1. The predicted molar refractivity (Wildman–Crippen MR) is 104 cm³/mol. The van der Waals surface area contributed by atoms with Crippen LogP contribution in [0, 0.1) is 0 Å². The van der Waals surface area contributed by atoms with E-state index in [0.717, 1.165) is 27.8 Å². The van der Waals surface area contributed by atoms with Gasteiger partial charge in [-0.15, -0.1) is 0 Å². The van der Waals surface area contributed by atoms with Gasteiger partial charge in [-0.05, 0) is 23.8 Å². The SMILES string of the molecule is COc1cccc2cnc(Cl)cc12.O=C(O)N1CC=Cc2ccccc21. The number of pyridine rings is 1. The molecule has 0 radical (unpaired) electrons. The number of fused-ring (bicyclic) bond motifs is 2. The third-order valence-corrected chi connectivity index (χ3v) is 4.16. The highest BCUT2D eigenvalue weighted by Crippen LogP contribution is 2.26. The number of para-hydroxylation sites is 1. The van der Waals surface area contributed by atoms with Gasteiger partial charge >= 0.3 is 6.09 Å². The number of nitrogens with zero attached hydrogens (tertiary/aromatic N) is 2. The summed E-state index contributed by atoms with van der Waals surface area (Å²) in [6.07, 6.45) is 4.61. The van der Waals surface area contributed by atoms with Crippen molar-refractivity contribution >= 4 is 40.2 Å². The van der Waals surface area contributed by atoms with Gasteiger partial charge in [0, 0.05) is 23.5 Å². The van der Waals surface area contributed by atoms with Crippen molar-refractivity contribution in [1.82, 2.24) is 4.98 Å². The number of ether oxygens (including phenoxy) is 1. The lowest BCUT2D eigenvalue weighted by atomic mass is 10.1. The number of anilines is 1. The number of carbonyl (C=O) groups is 1. The molecule has 0 saturated heterocycles. The van der Waals surface area contributed by atoms with Crippen molar-refractivity contribution in [2.45, 2.75) is 0 Å². The Hall–Kier alpha value is -3.05. The molecule has 132 valence electrons. The molecule has 1 aromatic heterocycles. The summed E-state index contributed by atoms with van der Waals surface area (Å²) in [5, 5.41) is 11.4. The number of hydrogen-bond donors (Lipinski definition) is 1. The van der Waals surface area contributed by atoms with Crippen LogP contribution in [0.3, 0.4) is 0 Å². The zero-order chi connectivity index (χ0) is 18.5. The molecule has 1 aliphatic heterocycles. The topological polar surface area (TPSA) is 62.7 Å². The maximum Gasteiger partial charge on any atom is 0.412 e. The smallest absolute Gasteiger partial charge is 0.412 e. The fourth-order valence-corrected chi connectivity index (χ4v) is 2.89. The van der Waals surface area contributed by atoms with Crippen molar-refractivity contribution in [2.24, 2.45) is 0 Å². The Morgan fingerprint density at radius 1 is 1.23 bits per heavy atom. The van der Waals surface area contributed by atoms with E-state index in [1.54, 1.807) is 19.4 Å². The Labute approximate surface area is 156 Å². The van der Waals surface area contributed by atoms with Crippen LogP contribution in [0.25, 0.3) is 16.8 Å². The second-order valence-electron chi connectivity index (χ2n) is 5.54. The van der Waals surface area contributed by atoms with Gasteiger partial charge < -0.3 is 9.84 Å².